The van der Waals surface area contributed by atoms with Gasteiger partial charge in [-0.05, 0) is 33.1 Å². The second kappa shape index (κ2) is 6.70. The average Bonchev–Trinajstić information content (AvgIpc) is 3.24. The third-order valence-electron chi connectivity index (χ3n) is 3.32. The van der Waals surface area contributed by atoms with Crippen molar-refractivity contribution < 1.29 is 5.11 Å². The monoisotopic (exact) mass is 264 g/mol. The molecular weight excluding hydrogens is 240 g/mol. The van der Waals surface area contributed by atoms with E-state index in [2.05, 4.69) is 29.0 Å². The predicted molar refractivity (Wildman–Crippen MR) is 77.8 cm³/mol. The van der Waals surface area contributed by atoms with Crippen molar-refractivity contribution in [2.45, 2.75) is 39.0 Å². The van der Waals surface area contributed by atoms with Crippen LogP contribution in [0.5, 0.6) is 0 Å². The summed E-state index contributed by atoms with van der Waals surface area (Å²) in [5.74, 6) is 3.41. The van der Waals surface area contributed by atoms with Crippen LogP contribution in [0.3, 0.4) is 0 Å². The smallest absolute Gasteiger partial charge is 0.136 e. The Kier molecular flexibility index (Phi) is 4.96. The topological polar surface area (TPSA) is 61.3 Å². The lowest BCUT2D eigenvalue weighted by Crippen LogP contribution is -2.26. The summed E-state index contributed by atoms with van der Waals surface area (Å²) in [6.07, 6.45) is 3.18. The summed E-state index contributed by atoms with van der Waals surface area (Å²) >= 11 is 0. The molecule has 106 valence electrons. The molecule has 5 heteroatoms. The lowest BCUT2D eigenvalue weighted by atomic mass is 10.3. The molecule has 1 aliphatic rings. The van der Waals surface area contributed by atoms with Gasteiger partial charge in [-0.3, -0.25) is 0 Å². The molecule has 0 aliphatic heterocycles. The van der Waals surface area contributed by atoms with Gasteiger partial charge >= 0.3 is 0 Å². The summed E-state index contributed by atoms with van der Waals surface area (Å²) in [6.45, 7) is 7.00. The largest absolute Gasteiger partial charge is 0.396 e. The van der Waals surface area contributed by atoms with E-state index in [9.17, 15) is 0 Å². The Morgan fingerprint density at radius 1 is 1.37 bits per heavy atom. The summed E-state index contributed by atoms with van der Waals surface area (Å²) in [5, 5.41) is 12.3. The minimum absolute atomic E-state index is 0.219. The Hall–Kier alpha value is -1.36. The van der Waals surface area contributed by atoms with Gasteiger partial charge in [0.05, 0.1) is 0 Å². The molecule has 0 bridgehead atoms. The zero-order valence-electron chi connectivity index (χ0n) is 11.9. The molecule has 1 aliphatic carbocycles. The molecule has 0 radical (unpaired) electrons. The Labute approximate surface area is 115 Å². The number of aromatic nitrogens is 2. The van der Waals surface area contributed by atoms with E-state index in [0.717, 1.165) is 43.5 Å². The van der Waals surface area contributed by atoms with Crippen molar-refractivity contribution in [2.75, 3.05) is 36.5 Å². The van der Waals surface area contributed by atoms with Crippen molar-refractivity contribution in [3.05, 3.63) is 11.9 Å². The normalized spacial score (nSPS) is 14.5. The van der Waals surface area contributed by atoms with Crippen molar-refractivity contribution in [1.82, 2.24) is 9.97 Å². The SMILES string of the molecule is CCNc1cc(N(CC)CCCO)nc(C2CC2)n1. The van der Waals surface area contributed by atoms with Crippen LogP contribution in [0.25, 0.3) is 0 Å². The molecule has 2 rings (SSSR count). The van der Waals surface area contributed by atoms with Crippen LogP contribution in [0, 0.1) is 0 Å². The van der Waals surface area contributed by atoms with Gasteiger partial charge in [-0.1, -0.05) is 0 Å². The maximum absolute atomic E-state index is 8.98. The quantitative estimate of drug-likeness (QED) is 0.752. The van der Waals surface area contributed by atoms with Crippen LogP contribution in [0.4, 0.5) is 11.6 Å². The van der Waals surface area contributed by atoms with E-state index < -0.39 is 0 Å². The molecular formula is C14H24N4O. The van der Waals surface area contributed by atoms with E-state index in [1.165, 1.54) is 12.8 Å². The molecule has 5 nitrogen and oxygen atoms in total. The molecule has 0 atom stereocenters. The lowest BCUT2D eigenvalue weighted by Gasteiger charge is -2.22. The minimum atomic E-state index is 0.219. The molecule has 1 saturated carbocycles. The molecule has 0 aromatic carbocycles. The molecule has 1 aromatic heterocycles. The molecule has 0 unspecified atom stereocenters. The maximum Gasteiger partial charge on any atom is 0.136 e. The Bertz CT molecular complexity index is 406. The fourth-order valence-corrected chi connectivity index (χ4v) is 2.11. The Balaban J connectivity index is 2.20. The van der Waals surface area contributed by atoms with Crippen molar-refractivity contribution >= 4 is 11.6 Å². The van der Waals surface area contributed by atoms with Gasteiger partial charge in [0, 0.05) is 38.2 Å². The van der Waals surface area contributed by atoms with E-state index in [-0.39, 0.29) is 6.61 Å². The maximum atomic E-state index is 8.98. The number of nitrogens with zero attached hydrogens (tertiary/aromatic N) is 3. The third kappa shape index (κ3) is 3.80. The molecule has 1 aromatic rings. The van der Waals surface area contributed by atoms with Gasteiger partial charge < -0.3 is 15.3 Å². The van der Waals surface area contributed by atoms with Gasteiger partial charge in [0.2, 0.25) is 0 Å². The number of hydrogen-bond donors (Lipinski definition) is 2. The second-order valence-electron chi connectivity index (χ2n) is 4.93. The Morgan fingerprint density at radius 2 is 2.16 bits per heavy atom. The van der Waals surface area contributed by atoms with Crippen LogP contribution in [0.1, 0.15) is 44.9 Å². The zero-order valence-corrected chi connectivity index (χ0v) is 11.9. The molecule has 0 amide bonds. The zero-order chi connectivity index (χ0) is 13.7. The minimum Gasteiger partial charge on any atom is -0.396 e. The summed E-state index contributed by atoms with van der Waals surface area (Å²) in [4.78, 5) is 11.5. The summed E-state index contributed by atoms with van der Waals surface area (Å²) in [7, 11) is 0. The first-order chi connectivity index (χ1) is 9.28. The highest BCUT2D eigenvalue weighted by atomic mass is 16.3. The van der Waals surface area contributed by atoms with Crippen molar-refractivity contribution in [3.8, 4) is 0 Å². The molecule has 1 fully saturated rings. The van der Waals surface area contributed by atoms with E-state index in [0.29, 0.717) is 5.92 Å². The molecule has 1 heterocycles. The van der Waals surface area contributed by atoms with Crippen molar-refractivity contribution in [1.29, 1.82) is 0 Å². The van der Waals surface area contributed by atoms with E-state index >= 15 is 0 Å². The van der Waals surface area contributed by atoms with Gasteiger partial charge in [0.25, 0.3) is 0 Å². The summed E-state index contributed by atoms with van der Waals surface area (Å²) < 4.78 is 0. The highest BCUT2D eigenvalue weighted by molar-refractivity contribution is 5.50. The van der Waals surface area contributed by atoms with E-state index in [1.807, 2.05) is 6.07 Å². The van der Waals surface area contributed by atoms with Gasteiger partial charge in [0.15, 0.2) is 0 Å². The standard InChI is InChI=1S/C14H24N4O/c1-3-15-12-10-13(18(4-2)8-5-9-19)17-14(16-12)11-6-7-11/h10-11,19H,3-9H2,1-2H3,(H,15,16,17). The lowest BCUT2D eigenvalue weighted by molar-refractivity contribution is 0.289. The van der Waals surface area contributed by atoms with E-state index in [4.69, 9.17) is 10.1 Å². The fourth-order valence-electron chi connectivity index (χ4n) is 2.11. The summed E-state index contributed by atoms with van der Waals surface area (Å²) in [5.41, 5.74) is 0. The Morgan fingerprint density at radius 3 is 2.74 bits per heavy atom. The first kappa shape index (κ1) is 14.1. The van der Waals surface area contributed by atoms with Crippen LogP contribution in [-0.2, 0) is 0 Å². The predicted octanol–water partition coefficient (Wildman–Crippen LogP) is 1.99. The average molecular weight is 264 g/mol. The number of anilines is 2. The highest BCUT2D eigenvalue weighted by Crippen LogP contribution is 2.39. The number of nitrogens with one attached hydrogen (secondary N) is 1. The van der Waals surface area contributed by atoms with Gasteiger partial charge in [0.1, 0.15) is 17.5 Å². The van der Waals surface area contributed by atoms with Crippen LogP contribution in [0.2, 0.25) is 0 Å². The van der Waals surface area contributed by atoms with Crippen LogP contribution >= 0.6 is 0 Å². The van der Waals surface area contributed by atoms with Crippen LogP contribution in [0.15, 0.2) is 6.07 Å². The molecule has 0 spiro atoms. The number of hydrogen-bond acceptors (Lipinski definition) is 5. The van der Waals surface area contributed by atoms with E-state index in [1.54, 1.807) is 0 Å². The number of aliphatic hydroxyl groups is 1. The molecule has 19 heavy (non-hydrogen) atoms. The third-order valence-corrected chi connectivity index (χ3v) is 3.32. The number of aliphatic hydroxyl groups excluding tert-OH is 1. The number of rotatable bonds is 8. The first-order valence-corrected chi connectivity index (χ1v) is 7.27. The van der Waals surface area contributed by atoms with Gasteiger partial charge in [-0.2, -0.15) is 0 Å². The van der Waals surface area contributed by atoms with Crippen LogP contribution < -0.4 is 10.2 Å². The first-order valence-electron chi connectivity index (χ1n) is 7.27. The second-order valence-corrected chi connectivity index (χ2v) is 4.93. The van der Waals surface area contributed by atoms with Crippen LogP contribution in [-0.4, -0.2) is 41.3 Å². The summed E-state index contributed by atoms with van der Waals surface area (Å²) in [6, 6.07) is 2.01. The molecule has 0 saturated heterocycles. The van der Waals surface area contributed by atoms with Crippen molar-refractivity contribution in [2.24, 2.45) is 0 Å². The van der Waals surface area contributed by atoms with Gasteiger partial charge in [-0.15, -0.1) is 0 Å². The fraction of sp³-hybridized carbons (Fsp3) is 0.714. The van der Waals surface area contributed by atoms with Crippen molar-refractivity contribution in [3.63, 3.8) is 0 Å². The molecule has 2 N–H and O–H groups in total. The van der Waals surface area contributed by atoms with Gasteiger partial charge in [-0.25, -0.2) is 9.97 Å². The highest BCUT2D eigenvalue weighted by Gasteiger charge is 2.27.